The van der Waals surface area contributed by atoms with Crippen LogP contribution in [-0.2, 0) is 4.79 Å². The molecule has 9 heteroatoms. The standard InChI is InChI=1S/C28H32N6O3/c1-4-22(20-9-6-5-7-10-20)27(35)33-14-8-13-32(15-16-33)26-23(18-29-28-30-19-31-34(26)28)21-11-12-24(36-2)25(17-21)37-3/h5-7,9-12,17-19,22H,4,8,13-16H2,1-3H3. The summed E-state index contributed by atoms with van der Waals surface area (Å²) in [7, 11) is 3.25. The van der Waals surface area contributed by atoms with E-state index in [1.54, 1.807) is 18.7 Å². The molecular weight excluding hydrogens is 468 g/mol. The highest BCUT2D eigenvalue weighted by Gasteiger charge is 2.28. The van der Waals surface area contributed by atoms with Crippen LogP contribution in [0.5, 0.6) is 11.5 Å². The molecular formula is C28H32N6O3. The smallest absolute Gasteiger partial charge is 0.254 e. The van der Waals surface area contributed by atoms with Crippen molar-refractivity contribution in [1.29, 1.82) is 0 Å². The fraction of sp³-hybridized carbons (Fsp3) is 0.357. The molecule has 4 aromatic rings. The SMILES string of the molecule is CCC(C(=O)N1CCCN(c2c(-c3ccc(OC)c(OC)c3)cnc3ncnn23)CC1)c1ccccc1. The van der Waals surface area contributed by atoms with Crippen LogP contribution in [-0.4, -0.2) is 70.8 Å². The molecule has 192 valence electrons. The Morgan fingerprint density at radius 1 is 0.973 bits per heavy atom. The zero-order chi connectivity index (χ0) is 25.8. The van der Waals surface area contributed by atoms with Crippen molar-refractivity contribution in [3.05, 3.63) is 66.6 Å². The van der Waals surface area contributed by atoms with Crippen molar-refractivity contribution in [3.8, 4) is 22.6 Å². The van der Waals surface area contributed by atoms with Gasteiger partial charge in [-0.25, -0.2) is 4.98 Å². The Balaban J connectivity index is 1.46. The van der Waals surface area contributed by atoms with Gasteiger partial charge in [-0.1, -0.05) is 43.3 Å². The molecule has 1 aliphatic rings. The largest absolute Gasteiger partial charge is 0.493 e. The number of carbonyl (C=O) groups is 1. The molecule has 1 unspecified atom stereocenters. The van der Waals surface area contributed by atoms with Crippen LogP contribution in [0.2, 0.25) is 0 Å². The minimum Gasteiger partial charge on any atom is -0.493 e. The van der Waals surface area contributed by atoms with Gasteiger partial charge in [0, 0.05) is 37.9 Å². The second kappa shape index (κ2) is 10.9. The highest BCUT2D eigenvalue weighted by atomic mass is 16.5. The predicted octanol–water partition coefficient (Wildman–Crippen LogP) is 4.04. The Hall–Kier alpha value is -4.14. The summed E-state index contributed by atoms with van der Waals surface area (Å²) in [6, 6.07) is 15.9. The molecule has 0 bridgehead atoms. The first-order valence-corrected chi connectivity index (χ1v) is 12.6. The van der Waals surface area contributed by atoms with E-state index in [9.17, 15) is 4.79 Å². The van der Waals surface area contributed by atoms with Crippen LogP contribution in [0.15, 0.2) is 61.1 Å². The Labute approximate surface area is 216 Å². The number of hydrogen-bond donors (Lipinski definition) is 0. The van der Waals surface area contributed by atoms with E-state index in [2.05, 4.69) is 26.9 Å². The molecule has 2 aromatic heterocycles. The van der Waals surface area contributed by atoms with E-state index in [0.717, 1.165) is 48.4 Å². The van der Waals surface area contributed by atoms with Gasteiger partial charge in [0.25, 0.3) is 5.78 Å². The number of anilines is 1. The molecule has 1 amide bonds. The number of benzene rings is 2. The average molecular weight is 501 g/mol. The van der Waals surface area contributed by atoms with Crippen LogP contribution in [0.25, 0.3) is 16.9 Å². The number of ether oxygens (including phenoxy) is 2. The van der Waals surface area contributed by atoms with Crippen molar-refractivity contribution in [2.24, 2.45) is 0 Å². The number of aromatic nitrogens is 4. The molecule has 9 nitrogen and oxygen atoms in total. The molecule has 1 saturated heterocycles. The lowest BCUT2D eigenvalue weighted by Gasteiger charge is -2.27. The van der Waals surface area contributed by atoms with E-state index in [-0.39, 0.29) is 11.8 Å². The third kappa shape index (κ3) is 4.81. The number of carbonyl (C=O) groups excluding carboxylic acids is 1. The van der Waals surface area contributed by atoms with Crippen LogP contribution in [0, 0.1) is 0 Å². The van der Waals surface area contributed by atoms with Gasteiger partial charge in [-0.3, -0.25) is 4.79 Å². The lowest BCUT2D eigenvalue weighted by molar-refractivity contribution is -0.132. The summed E-state index contributed by atoms with van der Waals surface area (Å²) in [5.74, 6) is 2.80. The number of nitrogens with zero attached hydrogens (tertiary/aromatic N) is 6. The van der Waals surface area contributed by atoms with Gasteiger partial charge in [-0.05, 0) is 36.1 Å². The summed E-state index contributed by atoms with van der Waals surface area (Å²) >= 11 is 0. The Bertz CT molecular complexity index is 1370. The molecule has 1 aliphatic heterocycles. The van der Waals surface area contributed by atoms with E-state index < -0.39 is 0 Å². The van der Waals surface area contributed by atoms with Crippen molar-refractivity contribution >= 4 is 17.5 Å². The number of amides is 1. The molecule has 1 atom stereocenters. The molecule has 5 rings (SSSR count). The molecule has 0 aliphatic carbocycles. The second-order valence-corrected chi connectivity index (χ2v) is 9.07. The average Bonchev–Trinajstić information content (AvgIpc) is 3.29. The second-order valence-electron chi connectivity index (χ2n) is 9.07. The quantitative estimate of drug-likeness (QED) is 0.379. The fourth-order valence-corrected chi connectivity index (χ4v) is 5.09. The monoisotopic (exact) mass is 500 g/mol. The molecule has 0 radical (unpaired) electrons. The predicted molar refractivity (Wildman–Crippen MR) is 142 cm³/mol. The molecule has 2 aromatic carbocycles. The molecule has 3 heterocycles. The zero-order valence-corrected chi connectivity index (χ0v) is 21.5. The number of hydrogen-bond acceptors (Lipinski definition) is 7. The molecule has 0 saturated carbocycles. The molecule has 1 fully saturated rings. The third-order valence-electron chi connectivity index (χ3n) is 6.99. The molecule has 0 spiro atoms. The summed E-state index contributed by atoms with van der Waals surface area (Å²) in [6.07, 6.45) is 4.97. The lowest BCUT2D eigenvalue weighted by Crippen LogP contribution is -2.38. The van der Waals surface area contributed by atoms with Gasteiger partial charge in [-0.15, -0.1) is 0 Å². The van der Waals surface area contributed by atoms with E-state index in [0.29, 0.717) is 30.4 Å². The summed E-state index contributed by atoms with van der Waals surface area (Å²) < 4.78 is 12.8. The van der Waals surface area contributed by atoms with E-state index >= 15 is 0 Å². The summed E-state index contributed by atoms with van der Waals surface area (Å²) in [5.41, 5.74) is 2.92. The maximum atomic E-state index is 13.6. The van der Waals surface area contributed by atoms with Crippen molar-refractivity contribution in [3.63, 3.8) is 0 Å². The number of methoxy groups -OCH3 is 2. The van der Waals surface area contributed by atoms with Gasteiger partial charge in [0.1, 0.15) is 12.1 Å². The van der Waals surface area contributed by atoms with Crippen LogP contribution in [0.4, 0.5) is 5.82 Å². The highest BCUT2D eigenvalue weighted by molar-refractivity contribution is 5.84. The van der Waals surface area contributed by atoms with Crippen LogP contribution < -0.4 is 14.4 Å². The van der Waals surface area contributed by atoms with Crippen molar-refractivity contribution in [2.75, 3.05) is 45.3 Å². The first-order valence-electron chi connectivity index (χ1n) is 12.6. The highest BCUT2D eigenvalue weighted by Crippen LogP contribution is 2.37. The Kier molecular flexibility index (Phi) is 7.20. The van der Waals surface area contributed by atoms with Gasteiger partial charge < -0.3 is 19.3 Å². The van der Waals surface area contributed by atoms with Crippen molar-refractivity contribution in [1.82, 2.24) is 24.5 Å². The summed E-state index contributed by atoms with van der Waals surface area (Å²) in [4.78, 5) is 26.7. The first kappa shape index (κ1) is 24.5. The van der Waals surface area contributed by atoms with Gasteiger partial charge in [-0.2, -0.15) is 14.6 Å². The van der Waals surface area contributed by atoms with Gasteiger partial charge >= 0.3 is 0 Å². The van der Waals surface area contributed by atoms with Crippen LogP contribution >= 0.6 is 0 Å². The summed E-state index contributed by atoms with van der Waals surface area (Å²) in [5, 5.41) is 4.49. The van der Waals surface area contributed by atoms with Crippen LogP contribution in [0.3, 0.4) is 0 Å². The third-order valence-corrected chi connectivity index (χ3v) is 6.99. The van der Waals surface area contributed by atoms with Gasteiger partial charge in [0.05, 0.1) is 20.1 Å². The Morgan fingerprint density at radius 3 is 2.54 bits per heavy atom. The van der Waals surface area contributed by atoms with Crippen LogP contribution in [0.1, 0.15) is 31.2 Å². The Morgan fingerprint density at radius 2 is 1.78 bits per heavy atom. The molecule has 0 N–H and O–H groups in total. The number of fused-ring (bicyclic) bond motifs is 1. The van der Waals surface area contributed by atoms with Crippen molar-refractivity contribution < 1.29 is 14.3 Å². The van der Waals surface area contributed by atoms with Gasteiger partial charge in [0.15, 0.2) is 11.5 Å². The fourth-order valence-electron chi connectivity index (χ4n) is 5.09. The normalized spacial score (nSPS) is 14.9. The lowest BCUT2D eigenvalue weighted by atomic mass is 9.95. The van der Waals surface area contributed by atoms with E-state index in [1.165, 1.54) is 6.33 Å². The van der Waals surface area contributed by atoms with Crippen molar-refractivity contribution in [2.45, 2.75) is 25.7 Å². The minimum atomic E-state index is -0.127. The maximum Gasteiger partial charge on any atom is 0.254 e. The minimum absolute atomic E-state index is 0.127. The van der Waals surface area contributed by atoms with E-state index in [4.69, 9.17) is 9.47 Å². The maximum absolute atomic E-state index is 13.6. The summed E-state index contributed by atoms with van der Waals surface area (Å²) in [6.45, 7) is 4.89. The van der Waals surface area contributed by atoms with E-state index in [1.807, 2.05) is 59.6 Å². The topological polar surface area (TPSA) is 85.1 Å². The zero-order valence-electron chi connectivity index (χ0n) is 21.5. The van der Waals surface area contributed by atoms with Gasteiger partial charge in [0.2, 0.25) is 5.91 Å². The number of rotatable bonds is 7. The first-order chi connectivity index (χ1) is 18.1. The molecule has 37 heavy (non-hydrogen) atoms.